The predicted molar refractivity (Wildman–Crippen MR) is 119 cm³/mol. The van der Waals surface area contributed by atoms with Gasteiger partial charge in [-0.3, -0.25) is 24.3 Å². The Kier molecular flexibility index (Phi) is 8.83. The largest absolute Gasteiger partial charge is 0.352 e. The lowest BCUT2D eigenvalue weighted by molar-refractivity contribution is -0.135. The first-order chi connectivity index (χ1) is 15.0. The van der Waals surface area contributed by atoms with Crippen molar-refractivity contribution in [2.75, 3.05) is 72.0 Å². The molecule has 0 atom stereocenters. The summed E-state index contributed by atoms with van der Waals surface area (Å²) in [6, 6.07) is 4.73. The third-order valence-electron chi connectivity index (χ3n) is 5.80. The number of halogens is 2. The lowest BCUT2D eigenvalue weighted by atomic mass is 10.2. The van der Waals surface area contributed by atoms with Crippen LogP contribution in [0.2, 0.25) is 5.02 Å². The number of carbonyl (C=O) groups excluding carboxylic acids is 2. The van der Waals surface area contributed by atoms with Crippen molar-refractivity contribution in [2.24, 2.45) is 0 Å². The summed E-state index contributed by atoms with van der Waals surface area (Å²) in [5.41, 5.74) is 0.514. The Balaban J connectivity index is 1.37. The second-order valence-corrected chi connectivity index (χ2v) is 8.41. The van der Waals surface area contributed by atoms with Gasteiger partial charge in [0.25, 0.3) is 0 Å². The van der Waals surface area contributed by atoms with E-state index in [-0.39, 0.29) is 17.6 Å². The molecule has 0 radical (unpaired) electrons. The molecule has 0 aromatic heterocycles. The molecule has 7 nitrogen and oxygen atoms in total. The molecule has 0 spiro atoms. The monoisotopic (exact) mass is 451 g/mol. The Morgan fingerprint density at radius 1 is 1.00 bits per heavy atom. The van der Waals surface area contributed by atoms with Gasteiger partial charge >= 0.3 is 0 Å². The van der Waals surface area contributed by atoms with Gasteiger partial charge in [-0.2, -0.15) is 0 Å². The van der Waals surface area contributed by atoms with Gasteiger partial charge in [0.2, 0.25) is 11.8 Å². The summed E-state index contributed by atoms with van der Waals surface area (Å²) in [6.45, 7) is 11.0. The average Bonchev–Trinajstić information content (AvgIpc) is 2.76. The molecule has 2 aliphatic heterocycles. The number of amides is 2. The fourth-order valence-corrected chi connectivity index (χ4v) is 4.13. The Labute approximate surface area is 188 Å². The summed E-state index contributed by atoms with van der Waals surface area (Å²) in [5, 5.41) is 3.23. The normalized spacial score (nSPS) is 18.7. The molecule has 1 aromatic rings. The molecule has 2 fully saturated rings. The predicted octanol–water partition coefficient (Wildman–Crippen LogP) is 1.04. The molecule has 2 heterocycles. The molecule has 2 saturated heterocycles. The van der Waals surface area contributed by atoms with Gasteiger partial charge < -0.3 is 10.2 Å². The second kappa shape index (κ2) is 11.6. The van der Waals surface area contributed by atoms with Crippen LogP contribution in [-0.4, -0.2) is 103 Å². The molecule has 170 valence electrons. The van der Waals surface area contributed by atoms with Crippen LogP contribution >= 0.6 is 11.6 Å². The Morgan fingerprint density at radius 2 is 1.61 bits per heavy atom. The van der Waals surface area contributed by atoms with Crippen LogP contribution in [0.4, 0.5) is 4.39 Å². The quantitative estimate of drug-likeness (QED) is 0.598. The summed E-state index contributed by atoms with van der Waals surface area (Å²) in [7, 11) is 0. The maximum Gasteiger partial charge on any atom is 0.236 e. The average molecular weight is 452 g/mol. The zero-order valence-corrected chi connectivity index (χ0v) is 18.6. The van der Waals surface area contributed by atoms with Crippen LogP contribution in [0.5, 0.6) is 0 Å². The number of benzene rings is 1. The second-order valence-electron chi connectivity index (χ2n) is 8.00. The Bertz CT molecular complexity index is 757. The van der Waals surface area contributed by atoms with Gasteiger partial charge in [-0.05, 0) is 12.1 Å². The third-order valence-corrected chi connectivity index (χ3v) is 6.16. The minimum Gasteiger partial charge on any atom is -0.352 e. The van der Waals surface area contributed by atoms with Gasteiger partial charge in [0.05, 0.1) is 13.1 Å². The molecular weight excluding hydrogens is 421 g/mol. The summed E-state index contributed by atoms with van der Waals surface area (Å²) in [6.07, 6.45) is 1.66. The molecule has 0 unspecified atom stereocenters. The summed E-state index contributed by atoms with van der Waals surface area (Å²) >= 11 is 6.13. The molecule has 0 aliphatic carbocycles. The van der Waals surface area contributed by atoms with Crippen molar-refractivity contribution < 1.29 is 14.0 Å². The Morgan fingerprint density at radius 3 is 2.23 bits per heavy atom. The number of rotatable bonds is 8. The Hall–Kier alpha value is -2.00. The number of nitrogens with one attached hydrogen (secondary N) is 1. The minimum absolute atomic E-state index is 0.000955. The van der Waals surface area contributed by atoms with Crippen LogP contribution < -0.4 is 5.32 Å². The van der Waals surface area contributed by atoms with Gasteiger partial charge in [-0.1, -0.05) is 23.7 Å². The van der Waals surface area contributed by atoms with Crippen molar-refractivity contribution in [3.63, 3.8) is 0 Å². The van der Waals surface area contributed by atoms with Gasteiger partial charge in [-0.25, -0.2) is 4.39 Å². The van der Waals surface area contributed by atoms with E-state index in [1.54, 1.807) is 18.2 Å². The van der Waals surface area contributed by atoms with Crippen molar-refractivity contribution in [1.82, 2.24) is 24.9 Å². The van der Waals surface area contributed by atoms with E-state index in [2.05, 4.69) is 26.6 Å². The summed E-state index contributed by atoms with van der Waals surface area (Å²) < 4.78 is 14.0. The van der Waals surface area contributed by atoms with E-state index in [0.717, 1.165) is 26.2 Å². The molecule has 0 bridgehead atoms. The van der Waals surface area contributed by atoms with Gasteiger partial charge in [0.1, 0.15) is 5.82 Å². The molecular formula is C22H31ClFN5O2. The van der Waals surface area contributed by atoms with Gasteiger partial charge in [0, 0.05) is 76.0 Å². The number of carbonyl (C=O) groups is 2. The van der Waals surface area contributed by atoms with Crippen LogP contribution in [0.3, 0.4) is 0 Å². The highest BCUT2D eigenvalue weighted by Crippen LogP contribution is 2.21. The van der Waals surface area contributed by atoms with Crippen LogP contribution in [0.15, 0.2) is 30.9 Å². The topological polar surface area (TPSA) is 59.1 Å². The summed E-state index contributed by atoms with van der Waals surface area (Å²) in [5.74, 6) is -0.164. The van der Waals surface area contributed by atoms with E-state index in [1.165, 1.54) is 6.07 Å². The van der Waals surface area contributed by atoms with Crippen molar-refractivity contribution in [1.29, 1.82) is 0 Å². The zero-order valence-electron chi connectivity index (χ0n) is 17.9. The molecule has 2 aliphatic rings. The van der Waals surface area contributed by atoms with Crippen LogP contribution in [-0.2, 0) is 16.1 Å². The van der Waals surface area contributed by atoms with E-state index in [9.17, 15) is 14.0 Å². The minimum atomic E-state index is -0.289. The van der Waals surface area contributed by atoms with Gasteiger partial charge in [0.15, 0.2) is 0 Å². The molecule has 1 N–H and O–H groups in total. The van der Waals surface area contributed by atoms with E-state index in [1.807, 2.05) is 4.90 Å². The van der Waals surface area contributed by atoms with Crippen molar-refractivity contribution in [3.05, 3.63) is 47.3 Å². The number of piperazine rings is 2. The van der Waals surface area contributed by atoms with E-state index in [0.29, 0.717) is 62.9 Å². The van der Waals surface area contributed by atoms with Crippen molar-refractivity contribution in [2.45, 2.75) is 6.54 Å². The van der Waals surface area contributed by atoms with Crippen LogP contribution in [0.25, 0.3) is 0 Å². The highest BCUT2D eigenvalue weighted by Gasteiger charge is 2.26. The van der Waals surface area contributed by atoms with Crippen LogP contribution in [0.1, 0.15) is 5.56 Å². The fraction of sp³-hybridized carbons (Fsp3) is 0.545. The van der Waals surface area contributed by atoms with Crippen LogP contribution in [0, 0.1) is 5.82 Å². The molecule has 1 aromatic carbocycles. The molecule has 2 amide bonds. The highest BCUT2D eigenvalue weighted by atomic mass is 35.5. The van der Waals surface area contributed by atoms with Gasteiger partial charge in [-0.15, -0.1) is 6.58 Å². The number of hydrogen-bond donors (Lipinski definition) is 1. The third kappa shape index (κ3) is 7.00. The summed E-state index contributed by atoms with van der Waals surface area (Å²) in [4.78, 5) is 32.8. The van der Waals surface area contributed by atoms with E-state index >= 15 is 0 Å². The first-order valence-electron chi connectivity index (χ1n) is 10.7. The first-order valence-corrected chi connectivity index (χ1v) is 11.1. The zero-order chi connectivity index (χ0) is 22.2. The first kappa shape index (κ1) is 23.7. The lowest BCUT2D eigenvalue weighted by Crippen LogP contribution is -2.54. The number of nitrogens with zero attached hydrogens (tertiary/aromatic N) is 4. The SMILES string of the molecule is C=CCNC(=O)CN1CCN(CC(=O)N2CCN(Cc3c(F)cccc3Cl)CC2)CC1. The molecule has 0 saturated carbocycles. The standard InChI is InChI=1S/C22H31ClFN5O2/c1-2-6-25-21(30)16-27-7-9-28(10-8-27)17-22(31)29-13-11-26(12-14-29)15-18-19(23)4-3-5-20(18)24/h2-5H,1,6-17H2,(H,25,30). The van der Waals surface area contributed by atoms with E-state index in [4.69, 9.17) is 11.6 Å². The van der Waals surface area contributed by atoms with E-state index < -0.39 is 0 Å². The van der Waals surface area contributed by atoms with Crippen molar-refractivity contribution in [3.8, 4) is 0 Å². The van der Waals surface area contributed by atoms with Crippen molar-refractivity contribution >= 4 is 23.4 Å². The number of hydrogen-bond acceptors (Lipinski definition) is 5. The lowest BCUT2D eigenvalue weighted by Gasteiger charge is -2.38. The maximum atomic E-state index is 14.0. The fourth-order valence-electron chi connectivity index (χ4n) is 3.90. The maximum absolute atomic E-state index is 14.0. The smallest absolute Gasteiger partial charge is 0.236 e. The molecule has 31 heavy (non-hydrogen) atoms. The highest BCUT2D eigenvalue weighted by molar-refractivity contribution is 6.31. The molecule has 3 rings (SSSR count). The molecule has 9 heteroatoms.